The van der Waals surface area contributed by atoms with Crippen LogP contribution in [0.4, 0.5) is 11.6 Å². The lowest BCUT2D eigenvalue weighted by atomic mass is 10.0. The van der Waals surface area contributed by atoms with E-state index < -0.39 is 5.79 Å². The Hall–Kier alpha value is -2.51. The molecule has 154 valence electrons. The van der Waals surface area contributed by atoms with Crippen molar-refractivity contribution in [3.05, 3.63) is 46.8 Å². The maximum Gasteiger partial charge on any atom is 0.274 e. The van der Waals surface area contributed by atoms with Crippen LogP contribution >= 0.6 is 0 Å². The molecule has 7 heteroatoms. The van der Waals surface area contributed by atoms with Crippen molar-refractivity contribution in [3.63, 3.8) is 0 Å². The molecule has 3 heterocycles. The summed E-state index contributed by atoms with van der Waals surface area (Å²) in [5.74, 6) is -0.0674. The van der Waals surface area contributed by atoms with Crippen LogP contribution in [-0.4, -0.2) is 48.0 Å². The molecule has 4 rings (SSSR count). The van der Waals surface area contributed by atoms with Crippen LogP contribution < -0.4 is 10.2 Å². The van der Waals surface area contributed by atoms with E-state index in [4.69, 9.17) is 9.47 Å². The molecule has 0 unspecified atom stereocenters. The zero-order chi connectivity index (χ0) is 20.4. The molecule has 2 saturated heterocycles. The number of para-hydroxylation sites is 1. The average Bonchev–Trinajstić information content (AvgIpc) is 3.17. The molecule has 0 atom stereocenters. The SMILES string of the molecule is CCc1cccc(C)c1NC(=O)c1cc(C)nc(N2CCC3(CC2)OCCO3)n1. The van der Waals surface area contributed by atoms with Crippen LogP contribution in [0.15, 0.2) is 24.3 Å². The largest absolute Gasteiger partial charge is 0.347 e. The van der Waals surface area contributed by atoms with Gasteiger partial charge in [0.15, 0.2) is 5.79 Å². The standard InChI is InChI=1S/C22H28N4O3/c1-4-17-7-5-6-15(2)19(17)25-20(27)18-14-16(3)23-21(24-18)26-10-8-22(9-11-26)28-12-13-29-22/h5-7,14H,4,8-13H2,1-3H3,(H,25,27). The second-order valence-electron chi connectivity index (χ2n) is 7.71. The molecule has 1 aromatic carbocycles. The number of carbonyl (C=O) groups is 1. The van der Waals surface area contributed by atoms with Crippen molar-refractivity contribution in [2.75, 3.05) is 36.5 Å². The highest BCUT2D eigenvalue weighted by Gasteiger charge is 2.40. The van der Waals surface area contributed by atoms with E-state index in [0.29, 0.717) is 24.9 Å². The minimum atomic E-state index is -0.443. The number of hydrogen-bond acceptors (Lipinski definition) is 6. The van der Waals surface area contributed by atoms with Crippen molar-refractivity contribution in [2.45, 2.75) is 45.8 Å². The van der Waals surface area contributed by atoms with Gasteiger partial charge in [-0.1, -0.05) is 25.1 Å². The molecule has 7 nitrogen and oxygen atoms in total. The van der Waals surface area contributed by atoms with E-state index in [1.165, 1.54) is 0 Å². The highest BCUT2D eigenvalue weighted by molar-refractivity contribution is 6.04. The van der Waals surface area contributed by atoms with Gasteiger partial charge in [-0.2, -0.15) is 0 Å². The molecule has 29 heavy (non-hydrogen) atoms. The molecule has 0 aliphatic carbocycles. The first-order chi connectivity index (χ1) is 14.0. The van der Waals surface area contributed by atoms with E-state index >= 15 is 0 Å². The second kappa shape index (κ2) is 8.08. The van der Waals surface area contributed by atoms with E-state index in [9.17, 15) is 4.79 Å². The predicted molar refractivity (Wildman–Crippen MR) is 111 cm³/mol. The maximum atomic E-state index is 13.0. The van der Waals surface area contributed by atoms with E-state index in [-0.39, 0.29) is 5.91 Å². The highest BCUT2D eigenvalue weighted by atomic mass is 16.7. The molecule has 0 radical (unpaired) electrons. The van der Waals surface area contributed by atoms with Crippen LogP contribution in [0, 0.1) is 13.8 Å². The van der Waals surface area contributed by atoms with Crippen molar-refractivity contribution in [3.8, 4) is 0 Å². The number of nitrogens with one attached hydrogen (secondary N) is 1. The summed E-state index contributed by atoms with van der Waals surface area (Å²) in [5, 5.41) is 3.06. The lowest BCUT2D eigenvalue weighted by Crippen LogP contribution is -2.45. The third-order valence-corrected chi connectivity index (χ3v) is 5.68. The first kappa shape index (κ1) is 19.8. The fourth-order valence-corrected chi connectivity index (χ4v) is 4.02. The number of ether oxygens (including phenoxy) is 2. The number of rotatable bonds is 4. The summed E-state index contributed by atoms with van der Waals surface area (Å²) in [7, 11) is 0. The van der Waals surface area contributed by atoms with Crippen LogP contribution in [0.2, 0.25) is 0 Å². The molecule has 2 aromatic rings. The number of aryl methyl sites for hydroxylation is 3. The average molecular weight is 396 g/mol. The van der Waals surface area contributed by atoms with Gasteiger partial charge in [-0.25, -0.2) is 9.97 Å². The minimum absolute atomic E-state index is 0.211. The molecular formula is C22H28N4O3. The Balaban J connectivity index is 1.52. The zero-order valence-corrected chi connectivity index (χ0v) is 17.3. The Morgan fingerprint density at radius 3 is 2.59 bits per heavy atom. The maximum absolute atomic E-state index is 13.0. The smallest absolute Gasteiger partial charge is 0.274 e. The van der Waals surface area contributed by atoms with Crippen LogP contribution in [0.3, 0.4) is 0 Å². The fraction of sp³-hybridized carbons (Fsp3) is 0.500. The third-order valence-electron chi connectivity index (χ3n) is 5.68. The summed E-state index contributed by atoms with van der Waals surface area (Å²) >= 11 is 0. The predicted octanol–water partition coefficient (Wildman–Crippen LogP) is 3.25. The van der Waals surface area contributed by atoms with Gasteiger partial charge >= 0.3 is 0 Å². The summed E-state index contributed by atoms with van der Waals surface area (Å²) in [4.78, 5) is 24.2. The fourth-order valence-electron chi connectivity index (χ4n) is 4.02. The summed E-state index contributed by atoms with van der Waals surface area (Å²) in [6, 6.07) is 7.78. The monoisotopic (exact) mass is 396 g/mol. The molecule has 1 aromatic heterocycles. The van der Waals surface area contributed by atoms with Gasteiger partial charge in [0.1, 0.15) is 5.69 Å². The molecule has 0 bridgehead atoms. The number of amides is 1. The Kier molecular flexibility index (Phi) is 5.52. The van der Waals surface area contributed by atoms with Gasteiger partial charge in [-0.3, -0.25) is 4.79 Å². The van der Waals surface area contributed by atoms with Crippen molar-refractivity contribution >= 4 is 17.5 Å². The highest BCUT2D eigenvalue weighted by Crippen LogP contribution is 2.32. The number of carbonyl (C=O) groups excluding carboxylic acids is 1. The quantitative estimate of drug-likeness (QED) is 0.855. The number of piperidine rings is 1. The van der Waals surface area contributed by atoms with Crippen LogP contribution in [0.25, 0.3) is 0 Å². The van der Waals surface area contributed by atoms with Crippen molar-refractivity contribution in [2.24, 2.45) is 0 Å². The lowest BCUT2D eigenvalue weighted by molar-refractivity contribution is -0.169. The summed E-state index contributed by atoms with van der Waals surface area (Å²) in [6.07, 6.45) is 2.40. The van der Waals surface area contributed by atoms with Crippen molar-refractivity contribution < 1.29 is 14.3 Å². The summed E-state index contributed by atoms with van der Waals surface area (Å²) < 4.78 is 11.6. The second-order valence-corrected chi connectivity index (χ2v) is 7.71. The molecule has 0 saturated carbocycles. The Labute approximate surface area is 171 Å². The van der Waals surface area contributed by atoms with Gasteiger partial charge in [0.25, 0.3) is 5.91 Å². The molecule has 1 amide bonds. The van der Waals surface area contributed by atoms with Gasteiger partial charge < -0.3 is 19.7 Å². The molecule has 1 N–H and O–H groups in total. The van der Waals surface area contributed by atoms with Gasteiger partial charge in [-0.15, -0.1) is 0 Å². The Morgan fingerprint density at radius 2 is 1.90 bits per heavy atom. The van der Waals surface area contributed by atoms with Crippen LogP contribution in [0.1, 0.15) is 47.1 Å². The van der Waals surface area contributed by atoms with E-state index in [0.717, 1.165) is 54.9 Å². The van der Waals surface area contributed by atoms with Crippen LogP contribution in [0.5, 0.6) is 0 Å². The summed E-state index contributed by atoms with van der Waals surface area (Å²) in [6.45, 7) is 8.76. The Bertz CT molecular complexity index is 899. The molecule has 1 spiro atoms. The first-order valence-corrected chi connectivity index (χ1v) is 10.3. The minimum Gasteiger partial charge on any atom is -0.347 e. The number of nitrogens with zero attached hydrogens (tertiary/aromatic N) is 3. The Morgan fingerprint density at radius 1 is 1.17 bits per heavy atom. The van der Waals surface area contributed by atoms with Gasteiger partial charge in [-0.05, 0) is 37.5 Å². The number of benzene rings is 1. The van der Waals surface area contributed by atoms with Gasteiger partial charge in [0, 0.05) is 37.3 Å². The van der Waals surface area contributed by atoms with Gasteiger partial charge in [0.05, 0.1) is 13.2 Å². The molecular weight excluding hydrogens is 368 g/mol. The van der Waals surface area contributed by atoms with E-state index in [2.05, 4.69) is 27.1 Å². The zero-order valence-electron chi connectivity index (χ0n) is 17.3. The molecule has 2 aliphatic rings. The van der Waals surface area contributed by atoms with Gasteiger partial charge in [0.2, 0.25) is 5.95 Å². The van der Waals surface area contributed by atoms with Crippen molar-refractivity contribution in [1.29, 1.82) is 0 Å². The lowest BCUT2D eigenvalue weighted by Gasteiger charge is -2.37. The third kappa shape index (κ3) is 4.11. The normalized spacial score (nSPS) is 18.2. The van der Waals surface area contributed by atoms with Crippen LogP contribution in [-0.2, 0) is 15.9 Å². The number of aromatic nitrogens is 2. The van der Waals surface area contributed by atoms with E-state index in [1.807, 2.05) is 32.0 Å². The summed E-state index contributed by atoms with van der Waals surface area (Å²) in [5.41, 5.74) is 4.18. The molecule has 2 fully saturated rings. The topological polar surface area (TPSA) is 76.6 Å². The van der Waals surface area contributed by atoms with Crippen molar-refractivity contribution in [1.82, 2.24) is 9.97 Å². The first-order valence-electron chi connectivity index (χ1n) is 10.3. The number of anilines is 2. The van der Waals surface area contributed by atoms with E-state index in [1.54, 1.807) is 6.07 Å². The molecule has 2 aliphatic heterocycles. The number of hydrogen-bond donors (Lipinski definition) is 1.